The number of rotatable bonds is 5. The van der Waals surface area contributed by atoms with E-state index in [0.29, 0.717) is 39.1 Å². The first-order valence-electron chi connectivity index (χ1n) is 8.95. The lowest BCUT2D eigenvalue weighted by Crippen LogP contribution is -2.48. The van der Waals surface area contributed by atoms with Crippen LogP contribution in [0, 0.1) is 5.92 Å². The first-order chi connectivity index (χ1) is 12.2. The van der Waals surface area contributed by atoms with Crippen molar-refractivity contribution in [2.24, 2.45) is 5.92 Å². The van der Waals surface area contributed by atoms with Gasteiger partial charge in [-0.15, -0.1) is 0 Å². The molecule has 0 radical (unpaired) electrons. The van der Waals surface area contributed by atoms with Crippen molar-refractivity contribution in [2.75, 3.05) is 26.9 Å². The second-order valence-corrected chi connectivity index (χ2v) is 6.72. The number of nitrogens with one attached hydrogen (secondary N) is 1. The van der Waals surface area contributed by atoms with Crippen LogP contribution in [0.5, 0.6) is 5.75 Å². The number of hydrogen-bond acceptors (Lipinski definition) is 4. The average molecular weight is 346 g/mol. The van der Waals surface area contributed by atoms with Crippen LogP contribution < -0.4 is 10.1 Å². The van der Waals surface area contributed by atoms with Crippen molar-refractivity contribution >= 4 is 11.8 Å². The third-order valence-electron chi connectivity index (χ3n) is 4.99. The van der Waals surface area contributed by atoms with Crippen molar-refractivity contribution in [3.05, 3.63) is 29.8 Å². The van der Waals surface area contributed by atoms with Gasteiger partial charge in [0.05, 0.1) is 13.0 Å². The molecule has 1 N–H and O–H groups in total. The Labute approximate surface area is 148 Å². The zero-order chi connectivity index (χ0) is 17.6. The van der Waals surface area contributed by atoms with Gasteiger partial charge in [0.1, 0.15) is 5.75 Å². The van der Waals surface area contributed by atoms with Gasteiger partial charge in [0.25, 0.3) is 0 Å². The Morgan fingerprint density at radius 2 is 2.04 bits per heavy atom. The summed E-state index contributed by atoms with van der Waals surface area (Å²) in [5, 5.41) is 3.13. The van der Waals surface area contributed by atoms with E-state index in [1.807, 2.05) is 24.3 Å². The van der Waals surface area contributed by atoms with Crippen LogP contribution in [0.15, 0.2) is 24.3 Å². The number of amides is 2. The number of ether oxygens (including phenoxy) is 2. The molecule has 1 atom stereocenters. The number of benzene rings is 1. The van der Waals surface area contributed by atoms with Gasteiger partial charge in [0.2, 0.25) is 11.8 Å². The molecule has 2 saturated heterocycles. The Kier molecular flexibility index (Phi) is 5.91. The van der Waals surface area contributed by atoms with E-state index in [-0.39, 0.29) is 23.8 Å². The van der Waals surface area contributed by atoms with E-state index in [4.69, 9.17) is 9.47 Å². The predicted octanol–water partition coefficient (Wildman–Crippen LogP) is 1.73. The molecule has 6 heteroatoms. The van der Waals surface area contributed by atoms with Crippen LogP contribution in [0.4, 0.5) is 0 Å². The summed E-state index contributed by atoms with van der Waals surface area (Å²) in [6.45, 7) is 2.35. The molecule has 1 aromatic carbocycles. The van der Waals surface area contributed by atoms with Crippen molar-refractivity contribution in [1.29, 1.82) is 0 Å². The van der Waals surface area contributed by atoms with Gasteiger partial charge in [-0.3, -0.25) is 9.59 Å². The van der Waals surface area contributed by atoms with E-state index in [1.54, 1.807) is 12.0 Å². The Balaban J connectivity index is 1.60. The summed E-state index contributed by atoms with van der Waals surface area (Å²) < 4.78 is 10.7. The Bertz CT molecular complexity index is 613. The molecule has 2 aliphatic rings. The lowest BCUT2D eigenvalue weighted by molar-refractivity contribution is -0.139. The topological polar surface area (TPSA) is 67.9 Å². The largest absolute Gasteiger partial charge is 0.496 e. The standard InChI is InChI=1S/C19H26N2O4/c1-24-17-5-3-2-4-14(17)12-21-13-15(6-7-18(21)22)19(23)20-16-8-10-25-11-9-16/h2-5,15-16H,6-13H2,1H3,(H,20,23)/t15-/m0/s1. The molecular formula is C19H26N2O4. The highest BCUT2D eigenvalue weighted by molar-refractivity contribution is 5.84. The molecule has 1 aromatic rings. The summed E-state index contributed by atoms with van der Waals surface area (Å²) in [4.78, 5) is 26.6. The zero-order valence-electron chi connectivity index (χ0n) is 14.7. The van der Waals surface area contributed by atoms with Crippen molar-refractivity contribution in [2.45, 2.75) is 38.3 Å². The minimum absolute atomic E-state index is 0.0597. The molecule has 0 saturated carbocycles. The number of methoxy groups -OCH3 is 1. The van der Waals surface area contributed by atoms with Gasteiger partial charge < -0.3 is 19.7 Å². The van der Waals surface area contributed by atoms with Gasteiger partial charge in [-0.1, -0.05) is 18.2 Å². The molecule has 3 rings (SSSR count). The van der Waals surface area contributed by atoms with E-state index in [1.165, 1.54) is 0 Å². The highest BCUT2D eigenvalue weighted by atomic mass is 16.5. The highest BCUT2D eigenvalue weighted by Crippen LogP contribution is 2.24. The van der Waals surface area contributed by atoms with Gasteiger partial charge in [-0.2, -0.15) is 0 Å². The van der Waals surface area contributed by atoms with Crippen LogP contribution in [0.25, 0.3) is 0 Å². The highest BCUT2D eigenvalue weighted by Gasteiger charge is 2.31. The second kappa shape index (κ2) is 8.34. The van der Waals surface area contributed by atoms with E-state index in [9.17, 15) is 9.59 Å². The molecule has 2 amide bonds. The summed E-state index contributed by atoms with van der Waals surface area (Å²) >= 11 is 0. The molecule has 0 bridgehead atoms. The second-order valence-electron chi connectivity index (χ2n) is 6.72. The third-order valence-corrected chi connectivity index (χ3v) is 4.99. The van der Waals surface area contributed by atoms with Crippen LogP contribution in [-0.2, 0) is 20.9 Å². The normalized spacial score (nSPS) is 21.9. The van der Waals surface area contributed by atoms with Crippen LogP contribution in [0.3, 0.4) is 0 Å². The van der Waals surface area contributed by atoms with Crippen LogP contribution >= 0.6 is 0 Å². The molecule has 136 valence electrons. The van der Waals surface area contributed by atoms with Crippen molar-refractivity contribution in [3.8, 4) is 5.75 Å². The zero-order valence-corrected chi connectivity index (χ0v) is 14.7. The third kappa shape index (κ3) is 4.51. The van der Waals surface area contributed by atoms with E-state index < -0.39 is 0 Å². The Morgan fingerprint density at radius 1 is 1.28 bits per heavy atom. The van der Waals surface area contributed by atoms with Gasteiger partial charge in [0.15, 0.2) is 0 Å². The van der Waals surface area contributed by atoms with E-state index >= 15 is 0 Å². The molecule has 2 aliphatic heterocycles. The number of carbonyl (C=O) groups is 2. The monoisotopic (exact) mass is 346 g/mol. The average Bonchev–Trinajstić information content (AvgIpc) is 2.64. The van der Waals surface area contributed by atoms with Crippen LogP contribution in [0.1, 0.15) is 31.2 Å². The summed E-state index contributed by atoms with van der Waals surface area (Å²) in [6.07, 6.45) is 2.77. The smallest absolute Gasteiger partial charge is 0.225 e. The summed E-state index contributed by atoms with van der Waals surface area (Å²) in [7, 11) is 1.63. The Morgan fingerprint density at radius 3 is 2.80 bits per heavy atom. The first kappa shape index (κ1) is 17.7. The van der Waals surface area contributed by atoms with Gasteiger partial charge in [-0.05, 0) is 25.3 Å². The molecular weight excluding hydrogens is 320 g/mol. The maximum atomic E-state index is 12.6. The summed E-state index contributed by atoms with van der Waals surface area (Å²) in [5.74, 6) is 0.782. The van der Waals surface area contributed by atoms with Crippen molar-refractivity contribution < 1.29 is 19.1 Å². The first-order valence-corrected chi connectivity index (χ1v) is 8.95. The number of hydrogen-bond donors (Lipinski definition) is 1. The van der Waals surface area contributed by atoms with Crippen LogP contribution in [0.2, 0.25) is 0 Å². The molecule has 25 heavy (non-hydrogen) atoms. The molecule has 0 unspecified atom stereocenters. The molecule has 2 heterocycles. The number of para-hydroxylation sites is 1. The maximum Gasteiger partial charge on any atom is 0.225 e. The van der Waals surface area contributed by atoms with Crippen molar-refractivity contribution in [1.82, 2.24) is 10.2 Å². The van der Waals surface area contributed by atoms with Crippen molar-refractivity contribution in [3.63, 3.8) is 0 Å². The fourth-order valence-electron chi connectivity index (χ4n) is 3.48. The number of likely N-dealkylation sites (tertiary alicyclic amines) is 1. The quantitative estimate of drug-likeness (QED) is 0.882. The van der Waals surface area contributed by atoms with Gasteiger partial charge >= 0.3 is 0 Å². The lowest BCUT2D eigenvalue weighted by Gasteiger charge is -2.33. The predicted molar refractivity (Wildman–Crippen MR) is 93.1 cm³/mol. The summed E-state index contributed by atoms with van der Waals surface area (Å²) in [6, 6.07) is 7.88. The minimum Gasteiger partial charge on any atom is -0.496 e. The molecule has 2 fully saturated rings. The number of carbonyl (C=O) groups excluding carboxylic acids is 2. The summed E-state index contributed by atoms with van der Waals surface area (Å²) in [5.41, 5.74) is 0.962. The van der Waals surface area contributed by atoms with E-state index in [2.05, 4.69) is 5.32 Å². The molecule has 0 aliphatic carbocycles. The minimum atomic E-state index is -0.143. The number of piperidine rings is 1. The Hall–Kier alpha value is -2.08. The van der Waals surface area contributed by atoms with Crippen LogP contribution in [-0.4, -0.2) is 49.6 Å². The SMILES string of the molecule is COc1ccccc1CN1C[C@@H](C(=O)NC2CCOCC2)CCC1=O. The molecule has 0 aromatic heterocycles. The van der Waals surface area contributed by atoms with Gasteiger partial charge in [-0.25, -0.2) is 0 Å². The molecule has 0 spiro atoms. The fourth-order valence-corrected chi connectivity index (χ4v) is 3.48. The molecule has 6 nitrogen and oxygen atoms in total. The van der Waals surface area contributed by atoms with Gasteiger partial charge in [0, 0.05) is 44.3 Å². The lowest BCUT2D eigenvalue weighted by atomic mass is 9.95. The fraction of sp³-hybridized carbons (Fsp3) is 0.579. The van der Waals surface area contributed by atoms with E-state index in [0.717, 1.165) is 24.2 Å². The number of nitrogens with zero attached hydrogens (tertiary/aromatic N) is 1. The maximum absolute atomic E-state index is 12.6.